The average Bonchev–Trinajstić information content (AvgIpc) is 2.88. The number of nitrogens with one attached hydrogen (secondary N) is 1. The molecule has 0 saturated carbocycles. The van der Waals surface area contributed by atoms with Gasteiger partial charge in [0.15, 0.2) is 0 Å². The minimum atomic E-state index is 0.404. The molecule has 0 bridgehead atoms. The van der Waals surface area contributed by atoms with E-state index in [4.69, 9.17) is 16.3 Å². The molecule has 0 amide bonds. The summed E-state index contributed by atoms with van der Waals surface area (Å²) in [6, 6.07) is 15.3. The van der Waals surface area contributed by atoms with Gasteiger partial charge >= 0.3 is 0 Å². The summed E-state index contributed by atoms with van der Waals surface area (Å²) < 4.78 is 5.42. The van der Waals surface area contributed by atoms with E-state index >= 15 is 0 Å². The van der Waals surface area contributed by atoms with Crippen LogP contribution in [0.1, 0.15) is 41.5 Å². The summed E-state index contributed by atoms with van der Waals surface area (Å²) in [5.74, 6) is 1.93. The molecule has 2 aromatic carbocycles. The van der Waals surface area contributed by atoms with Gasteiger partial charge in [0.2, 0.25) is 0 Å². The Morgan fingerprint density at radius 2 is 2.05 bits per heavy atom. The monoisotopic (exact) mass is 313 g/mol. The molecular formula is C19H20ClNO. The third kappa shape index (κ3) is 2.22. The van der Waals surface area contributed by atoms with Gasteiger partial charge in [-0.05, 0) is 66.3 Å². The molecule has 0 aromatic heterocycles. The number of ether oxygens (including phenoxy) is 1. The average molecular weight is 314 g/mol. The highest BCUT2D eigenvalue weighted by Crippen LogP contribution is 2.52. The number of rotatable bonds is 2. The van der Waals surface area contributed by atoms with Gasteiger partial charge in [-0.25, -0.2) is 0 Å². The van der Waals surface area contributed by atoms with Crippen molar-refractivity contribution in [1.29, 1.82) is 0 Å². The zero-order valence-electron chi connectivity index (χ0n) is 12.7. The topological polar surface area (TPSA) is 21.3 Å². The van der Waals surface area contributed by atoms with E-state index in [0.29, 0.717) is 17.9 Å². The SMILES string of the molecule is COc1cccc(C2c3cc(Cl)ccc3C3NCCCC32)c1. The minimum absolute atomic E-state index is 0.404. The highest BCUT2D eigenvalue weighted by atomic mass is 35.5. The van der Waals surface area contributed by atoms with E-state index in [9.17, 15) is 0 Å². The maximum atomic E-state index is 6.29. The first-order valence-corrected chi connectivity index (χ1v) is 8.32. The second kappa shape index (κ2) is 5.60. The van der Waals surface area contributed by atoms with Gasteiger partial charge in [0, 0.05) is 17.0 Å². The second-order valence-electron chi connectivity index (χ2n) is 6.27. The number of methoxy groups -OCH3 is 1. The molecular weight excluding hydrogens is 294 g/mol. The van der Waals surface area contributed by atoms with E-state index in [1.807, 2.05) is 12.1 Å². The molecule has 1 aliphatic carbocycles. The lowest BCUT2D eigenvalue weighted by molar-refractivity contribution is 0.286. The fraction of sp³-hybridized carbons (Fsp3) is 0.368. The molecule has 2 aliphatic rings. The Morgan fingerprint density at radius 1 is 1.14 bits per heavy atom. The summed E-state index contributed by atoms with van der Waals surface area (Å²) in [6.45, 7) is 1.11. The van der Waals surface area contributed by atoms with E-state index in [0.717, 1.165) is 17.3 Å². The molecule has 0 spiro atoms. The second-order valence-corrected chi connectivity index (χ2v) is 6.70. The molecule has 2 nitrogen and oxygen atoms in total. The zero-order chi connectivity index (χ0) is 15.1. The number of benzene rings is 2. The highest BCUT2D eigenvalue weighted by Gasteiger charge is 2.42. The minimum Gasteiger partial charge on any atom is -0.497 e. The number of halogens is 1. The van der Waals surface area contributed by atoms with E-state index in [-0.39, 0.29) is 0 Å². The summed E-state index contributed by atoms with van der Waals surface area (Å²) in [5, 5.41) is 4.54. The van der Waals surface area contributed by atoms with Crippen LogP contribution in [0.3, 0.4) is 0 Å². The fourth-order valence-electron chi connectivity index (χ4n) is 4.20. The molecule has 3 heteroatoms. The van der Waals surface area contributed by atoms with E-state index in [2.05, 4.69) is 35.6 Å². The van der Waals surface area contributed by atoms with Crippen LogP contribution in [0.15, 0.2) is 42.5 Å². The van der Waals surface area contributed by atoms with Crippen LogP contribution in [0.25, 0.3) is 0 Å². The number of hydrogen-bond acceptors (Lipinski definition) is 2. The van der Waals surface area contributed by atoms with Crippen LogP contribution in [0.5, 0.6) is 5.75 Å². The Morgan fingerprint density at radius 3 is 2.91 bits per heavy atom. The molecule has 1 aliphatic heterocycles. The molecule has 1 N–H and O–H groups in total. The number of hydrogen-bond donors (Lipinski definition) is 1. The summed E-state index contributed by atoms with van der Waals surface area (Å²) in [7, 11) is 1.73. The Hall–Kier alpha value is -1.51. The quantitative estimate of drug-likeness (QED) is 0.879. The standard InChI is InChI=1S/C19H20ClNO/c1-22-14-5-2-4-12(10-14)18-16-6-3-9-21-19(16)15-8-7-13(20)11-17(15)18/h2,4-5,7-8,10-11,16,18-19,21H,3,6,9H2,1H3. The van der Waals surface area contributed by atoms with Crippen molar-refractivity contribution in [3.05, 3.63) is 64.2 Å². The lowest BCUT2D eigenvalue weighted by Gasteiger charge is -2.31. The number of piperidine rings is 1. The molecule has 2 aromatic rings. The third-order valence-electron chi connectivity index (χ3n) is 5.11. The van der Waals surface area contributed by atoms with Crippen LogP contribution in [0, 0.1) is 5.92 Å². The fourth-order valence-corrected chi connectivity index (χ4v) is 4.38. The summed E-state index contributed by atoms with van der Waals surface area (Å²) in [6.07, 6.45) is 2.50. The van der Waals surface area contributed by atoms with Crippen LogP contribution in [-0.2, 0) is 0 Å². The zero-order valence-corrected chi connectivity index (χ0v) is 13.4. The van der Waals surface area contributed by atoms with Gasteiger partial charge in [0.1, 0.15) is 5.75 Å². The molecule has 3 atom stereocenters. The first-order chi connectivity index (χ1) is 10.8. The molecule has 1 saturated heterocycles. The van der Waals surface area contributed by atoms with Crippen molar-refractivity contribution in [3.63, 3.8) is 0 Å². The highest BCUT2D eigenvalue weighted by molar-refractivity contribution is 6.30. The molecule has 0 radical (unpaired) electrons. The Bertz CT molecular complexity index is 700. The normalized spacial score (nSPS) is 26.4. The summed E-state index contributed by atoms with van der Waals surface area (Å²) in [4.78, 5) is 0. The first-order valence-electron chi connectivity index (χ1n) is 7.94. The van der Waals surface area contributed by atoms with Crippen molar-refractivity contribution in [3.8, 4) is 5.75 Å². The van der Waals surface area contributed by atoms with Crippen molar-refractivity contribution >= 4 is 11.6 Å². The third-order valence-corrected chi connectivity index (χ3v) is 5.34. The van der Waals surface area contributed by atoms with Gasteiger partial charge in [-0.1, -0.05) is 29.8 Å². The van der Waals surface area contributed by atoms with E-state index in [1.54, 1.807) is 7.11 Å². The molecule has 114 valence electrons. The Kier molecular flexibility index (Phi) is 3.59. The maximum absolute atomic E-state index is 6.29. The van der Waals surface area contributed by atoms with Gasteiger partial charge in [0.05, 0.1) is 7.11 Å². The van der Waals surface area contributed by atoms with Crippen LogP contribution in [0.4, 0.5) is 0 Å². The van der Waals surface area contributed by atoms with Gasteiger partial charge in [0.25, 0.3) is 0 Å². The Balaban J connectivity index is 1.84. The van der Waals surface area contributed by atoms with Crippen molar-refractivity contribution < 1.29 is 4.74 Å². The first kappa shape index (κ1) is 14.1. The van der Waals surface area contributed by atoms with Gasteiger partial charge in [-0.2, -0.15) is 0 Å². The largest absolute Gasteiger partial charge is 0.497 e. The Labute approximate surface area is 136 Å². The van der Waals surface area contributed by atoms with Crippen molar-refractivity contribution in [2.75, 3.05) is 13.7 Å². The van der Waals surface area contributed by atoms with Gasteiger partial charge in [-0.15, -0.1) is 0 Å². The van der Waals surface area contributed by atoms with E-state index < -0.39 is 0 Å². The van der Waals surface area contributed by atoms with Crippen molar-refractivity contribution in [2.24, 2.45) is 5.92 Å². The van der Waals surface area contributed by atoms with Crippen LogP contribution < -0.4 is 10.1 Å². The molecule has 22 heavy (non-hydrogen) atoms. The van der Waals surface area contributed by atoms with Gasteiger partial charge < -0.3 is 10.1 Å². The van der Waals surface area contributed by atoms with Crippen LogP contribution in [0.2, 0.25) is 5.02 Å². The van der Waals surface area contributed by atoms with E-state index in [1.165, 1.54) is 29.5 Å². The predicted octanol–water partition coefficient (Wildman–Crippen LogP) is 4.53. The molecule has 4 rings (SSSR count). The maximum Gasteiger partial charge on any atom is 0.119 e. The molecule has 1 heterocycles. The molecule has 3 unspecified atom stereocenters. The predicted molar refractivity (Wildman–Crippen MR) is 89.8 cm³/mol. The summed E-state index contributed by atoms with van der Waals surface area (Å²) >= 11 is 6.29. The lowest BCUT2D eigenvalue weighted by atomic mass is 9.80. The van der Waals surface area contributed by atoms with Crippen molar-refractivity contribution in [1.82, 2.24) is 5.32 Å². The van der Waals surface area contributed by atoms with Crippen molar-refractivity contribution in [2.45, 2.75) is 24.8 Å². The van der Waals surface area contributed by atoms with Crippen LogP contribution >= 0.6 is 11.6 Å². The number of fused-ring (bicyclic) bond motifs is 3. The lowest BCUT2D eigenvalue weighted by Crippen LogP contribution is -2.32. The molecule has 1 fully saturated rings. The van der Waals surface area contributed by atoms with Crippen LogP contribution in [-0.4, -0.2) is 13.7 Å². The summed E-state index contributed by atoms with van der Waals surface area (Å²) in [5.41, 5.74) is 4.13. The smallest absolute Gasteiger partial charge is 0.119 e. The van der Waals surface area contributed by atoms with Gasteiger partial charge in [-0.3, -0.25) is 0 Å².